The molecule has 7 rings (SSSR count). The monoisotopic (exact) mass is 656 g/mol. The summed E-state index contributed by atoms with van der Waals surface area (Å²) in [5.41, 5.74) is 6.99. The molecule has 8 heteroatoms. The number of anilines is 2. The summed E-state index contributed by atoms with van der Waals surface area (Å²) in [5, 5.41) is 25.4. The van der Waals surface area contributed by atoms with Gasteiger partial charge in [0, 0.05) is 11.4 Å². The Kier molecular flexibility index (Phi) is 8.80. The van der Waals surface area contributed by atoms with Crippen LogP contribution in [0.25, 0.3) is 11.1 Å². The highest BCUT2D eigenvalue weighted by Gasteiger charge is 2.46. The standard InChI is InChI=1S/C41H40N2O6/c44-37(31-11-1-3-13-33(31)39(46)47)42-27-21-17-25(18-22-27)41(35-15-7-5-9-29(35)30-10-6-8-16-36(30)41)26-19-23-28(24-20-26)43-38(45)32-12-2-4-14-34(32)40(48)49/h5-10,15-24,31-34H,1-4,11-14H2,(H,42,44)(H,43,45)(H,46,47)(H,48,49)/t31-,32+,33-,34-/m0/s1. The van der Waals surface area contributed by atoms with E-state index in [1.165, 1.54) is 0 Å². The summed E-state index contributed by atoms with van der Waals surface area (Å²) >= 11 is 0. The highest BCUT2D eigenvalue weighted by atomic mass is 16.4. The molecule has 250 valence electrons. The van der Waals surface area contributed by atoms with Gasteiger partial charge in [-0.25, -0.2) is 0 Å². The summed E-state index contributed by atoms with van der Waals surface area (Å²) in [6, 6.07) is 32.3. The average Bonchev–Trinajstić information content (AvgIpc) is 3.43. The van der Waals surface area contributed by atoms with Crippen LogP contribution in [0.2, 0.25) is 0 Å². The van der Waals surface area contributed by atoms with Gasteiger partial charge < -0.3 is 20.8 Å². The zero-order chi connectivity index (χ0) is 34.1. The number of rotatable bonds is 8. The fourth-order valence-corrected chi connectivity index (χ4v) is 8.58. The van der Waals surface area contributed by atoms with E-state index < -0.39 is 41.0 Å². The van der Waals surface area contributed by atoms with E-state index in [0.717, 1.165) is 59.1 Å². The van der Waals surface area contributed by atoms with Crippen LogP contribution >= 0.6 is 0 Å². The lowest BCUT2D eigenvalue weighted by Gasteiger charge is -2.34. The number of benzene rings is 4. The number of carbonyl (C=O) groups is 4. The Balaban J connectivity index is 1.23. The number of carbonyl (C=O) groups excluding carboxylic acids is 2. The molecule has 4 aromatic carbocycles. The number of amides is 2. The molecule has 3 aliphatic carbocycles. The molecular weight excluding hydrogens is 616 g/mol. The van der Waals surface area contributed by atoms with Gasteiger partial charge in [0.2, 0.25) is 11.8 Å². The number of aliphatic carboxylic acids is 2. The number of carboxylic acids is 2. The predicted octanol–water partition coefficient (Wildman–Crippen LogP) is 7.71. The largest absolute Gasteiger partial charge is 0.481 e. The van der Waals surface area contributed by atoms with E-state index >= 15 is 0 Å². The third-order valence-electron chi connectivity index (χ3n) is 11.0. The van der Waals surface area contributed by atoms with Gasteiger partial charge in [-0.3, -0.25) is 19.2 Å². The zero-order valence-corrected chi connectivity index (χ0v) is 27.2. The quantitative estimate of drug-likeness (QED) is 0.135. The van der Waals surface area contributed by atoms with E-state index in [1.54, 1.807) is 0 Å². The van der Waals surface area contributed by atoms with Crippen LogP contribution in [-0.2, 0) is 24.6 Å². The van der Waals surface area contributed by atoms with Crippen molar-refractivity contribution in [3.63, 3.8) is 0 Å². The van der Waals surface area contributed by atoms with Gasteiger partial charge in [0.15, 0.2) is 0 Å². The van der Waals surface area contributed by atoms with Crippen molar-refractivity contribution < 1.29 is 29.4 Å². The van der Waals surface area contributed by atoms with Gasteiger partial charge in [-0.2, -0.15) is 0 Å². The van der Waals surface area contributed by atoms with Crippen LogP contribution in [0.4, 0.5) is 11.4 Å². The molecule has 0 aromatic heterocycles. The van der Waals surface area contributed by atoms with E-state index in [0.29, 0.717) is 37.1 Å². The number of nitrogens with one attached hydrogen (secondary N) is 2. The van der Waals surface area contributed by atoms with Crippen LogP contribution < -0.4 is 10.6 Å². The minimum absolute atomic E-state index is 0.258. The number of hydrogen-bond donors (Lipinski definition) is 4. The Hall–Kier alpha value is -5.24. The lowest BCUT2D eigenvalue weighted by Crippen LogP contribution is -2.36. The van der Waals surface area contributed by atoms with Crippen molar-refractivity contribution in [2.75, 3.05) is 10.6 Å². The van der Waals surface area contributed by atoms with Crippen molar-refractivity contribution in [2.45, 2.75) is 56.8 Å². The fraction of sp³-hybridized carbons (Fsp3) is 0.317. The predicted molar refractivity (Wildman–Crippen MR) is 187 cm³/mol. The second-order valence-electron chi connectivity index (χ2n) is 13.6. The Morgan fingerprint density at radius 2 is 0.837 bits per heavy atom. The van der Waals surface area contributed by atoms with Gasteiger partial charge in [0.25, 0.3) is 0 Å². The first-order chi connectivity index (χ1) is 23.8. The van der Waals surface area contributed by atoms with Gasteiger partial charge in [0.1, 0.15) is 0 Å². The molecule has 3 aliphatic rings. The lowest BCUT2D eigenvalue weighted by molar-refractivity contribution is -0.148. The number of fused-ring (bicyclic) bond motifs is 3. The second-order valence-corrected chi connectivity index (χ2v) is 13.6. The van der Waals surface area contributed by atoms with Crippen LogP contribution in [0, 0.1) is 23.7 Å². The molecule has 0 spiro atoms. The molecule has 8 nitrogen and oxygen atoms in total. The van der Waals surface area contributed by atoms with Crippen LogP contribution in [-0.4, -0.2) is 34.0 Å². The molecule has 2 amide bonds. The first kappa shape index (κ1) is 32.3. The Bertz CT molecular complexity index is 1760. The highest BCUT2D eigenvalue weighted by molar-refractivity contribution is 5.96. The van der Waals surface area contributed by atoms with E-state index in [-0.39, 0.29) is 11.8 Å². The van der Waals surface area contributed by atoms with Crippen LogP contribution in [0.15, 0.2) is 97.1 Å². The maximum Gasteiger partial charge on any atom is 0.307 e. The third-order valence-corrected chi connectivity index (χ3v) is 11.0. The second kappa shape index (κ2) is 13.3. The van der Waals surface area contributed by atoms with E-state index in [9.17, 15) is 29.4 Å². The molecule has 4 atom stereocenters. The summed E-state index contributed by atoms with van der Waals surface area (Å²) in [7, 11) is 0. The summed E-state index contributed by atoms with van der Waals surface area (Å²) < 4.78 is 0. The molecule has 0 unspecified atom stereocenters. The van der Waals surface area contributed by atoms with Gasteiger partial charge in [-0.1, -0.05) is 98.5 Å². The lowest BCUT2D eigenvalue weighted by atomic mass is 9.67. The molecule has 0 saturated heterocycles. The minimum Gasteiger partial charge on any atom is -0.481 e. The summed E-state index contributed by atoms with van der Waals surface area (Å²) in [6.45, 7) is 0. The SMILES string of the molecule is O=C(O)[C@H]1CCCC[C@@H]1C(=O)Nc1ccc(C2(c3ccc(NC(=O)[C@@H]4CCCC[C@@H]4C(=O)O)cc3)c3ccccc3-c3ccccc32)cc1. The highest BCUT2D eigenvalue weighted by Crippen LogP contribution is 2.56. The van der Waals surface area contributed by atoms with E-state index in [4.69, 9.17) is 0 Å². The van der Waals surface area contributed by atoms with Gasteiger partial charge in [0.05, 0.1) is 29.1 Å². The topological polar surface area (TPSA) is 133 Å². The van der Waals surface area contributed by atoms with Crippen molar-refractivity contribution in [3.8, 4) is 11.1 Å². The first-order valence-corrected chi connectivity index (χ1v) is 17.3. The van der Waals surface area contributed by atoms with Crippen molar-refractivity contribution in [3.05, 3.63) is 119 Å². The molecule has 0 aliphatic heterocycles. The van der Waals surface area contributed by atoms with Gasteiger partial charge in [-0.15, -0.1) is 0 Å². The van der Waals surface area contributed by atoms with E-state index in [1.807, 2.05) is 72.8 Å². The van der Waals surface area contributed by atoms with E-state index in [2.05, 4.69) is 34.9 Å². The van der Waals surface area contributed by atoms with Crippen molar-refractivity contribution in [1.82, 2.24) is 0 Å². The number of carboxylic acid groups (broad SMARTS) is 2. The van der Waals surface area contributed by atoms with Crippen LogP contribution in [0.3, 0.4) is 0 Å². The summed E-state index contributed by atoms with van der Waals surface area (Å²) in [6.07, 6.45) is 5.48. The number of hydrogen-bond acceptors (Lipinski definition) is 4. The Morgan fingerprint density at radius 1 is 0.490 bits per heavy atom. The molecule has 4 aromatic rings. The molecular formula is C41H40N2O6. The molecule has 0 radical (unpaired) electrons. The van der Waals surface area contributed by atoms with Crippen LogP contribution in [0.1, 0.15) is 73.6 Å². The Morgan fingerprint density at radius 3 is 1.20 bits per heavy atom. The van der Waals surface area contributed by atoms with Gasteiger partial charge >= 0.3 is 11.9 Å². The molecule has 2 fully saturated rings. The summed E-state index contributed by atoms with van der Waals surface area (Å²) in [5.74, 6) is -4.80. The first-order valence-electron chi connectivity index (χ1n) is 17.3. The van der Waals surface area contributed by atoms with Crippen molar-refractivity contribution >= 4 is 35.1 Å². The smallest absolute Gasteiger partial charge is 0.307 e. The molecule has 2 saturated carbocycles. The van der Waals surface area contributed by atoms with Crippen molar-refractivity contribution in [1.29, 1.82) is 0 Å². The fourth-order valence-electron chi connectivity index (χ4n) is 8.58. The molecule has 0 bridgehead atoms. The normalized spacial score (nSPS) is 22.3. The average molecular weight is 657 g/mol. The molecule has 0 heterocycles. The zero-order valence-electron chi connectivity index (χ0n) is 27.2. The summed E-state index contributed by atoms with van der Waals surface area (Å²) in [4.78, 5) is 50.2. The molecule has 4 N–H and O–H groups in total. The van der Waals surface area contributed by atoms with Crippen molar-refractivity contribution in [2.24, 2.45) is 23.7 Å². The maximum absolute atomic E-state index is 13.3. The Labute approximate surface area is 285 Å². The maximum atomic E-state index is 13.3. The minimum atomic E-state index is -0.917. The third kappa shape index (κ3) is 5.79. The van der Waals surface area contributed by atoms with Crippen LogP contribution in [0.5, 0.6) is 0 Å². The molecule has 49 heavy (non-hydrogen) atoms. The van der Waals surface area contributed by atoms with Gasteiger partial charge in [-0.05, 0) is 83.3 Å².